The van der Waals surface area contributed by atoms with Gasteiger partial charge in [0.25, 0.3) is 5.91 Å². The average molecular weight is 431 g/mol. The van der Waals surface area contributed by atoms with E-state index in [1.54, 1.807) is 23.1 Å². The number of halogens is 1. The maximum Gasteiger partial charge on any atom is 0.261 e. The van der Waals surface area contributed by atoms with E-state index >= 15 is 0 Å². The first-order chi connectivity index (χ1) is 14.5. The summed E-state index contributed by atoms with van der Waals surface area (Å²) in [6.45, 7) is 6.71. The van der Waals surface area contributed by atoms with Gasteiger partial charge in [0.2, 0.25) is 5.91 Å². The van der Waals surface area contributed by atoms with Crippen LogP contribution in [0.1, 0.15) is 37.8 Å². The number of nitrogens with one attached hydrogen (secondary N) is 1. The molecule has 1 N–H and O–H groups in total. The highest BCUT2D eigenvalue weighted by atomic mass is 35.5. The van der Waals surface area contributed by atoms with E-state index in [0.717, 1.165) is 17.5 Å². The van der Waals surface area contributed by atoms with Crippen LogP contribution in [0.25, 0.3) is 0 Å². The monoisotopic (exact) mass is 430 g/mol. The molecule has 1 atom stereocenters. The van der Waals surface area contributed by atoms with Gasteiger partial charge in [-0.05, 0) is 55.5 Å². The Labute approximate surface area is 184 Å². The second-order valence-electron chi connectivity index (χ2n) is 7.24. The first-order valence-electron chi connectivity index (χ1n) is 10.5. The maximum absolute atomic E-state index is 13.1. The van der Waals surface area contributed by atoms with E-state index in [-0.39, 0.29) is 18.4 Å². The van der Waals surface area contributed by atoms with Gasteiger partial charge in [-0.25, -0.2) is 0 Å². The molecular weight excluding hydrogens is 400 g/mol. The third-order valence-electron chi connectivity index (χ3n) is 4.91. The molecular formula is C24H31ClN2O3. The highest BCUT2D eigenvalue weighted by Crippen LogP contribution is 2.21. The van der Waals surface area contributed by atoms with Gasteiger partial charge < -0.3 is 15.0 Å². The van der Waals surface area contributed by atoms with Crippen LogP contribution in [-0.2, 0) is 16.0 Å². The molecule has 2 amide bonds. The maximum atomic E-state index is 13.1. The molecule has 0 radical (unpaired) electrons. The van der Waals surface area contributed by atoms with Crippen molar-refractivity contribution in [2.45, 2.75) is 46.1 Å². The summed E-state index contributed by atoms with van der Waals surface area (Å²) < 4.78 is 5.71. The number of nitrogens with zero attached hydrogens (tertiary/aromatic N) is 1. The minimum absolute atomic E-state index is 0.122. The summed E-state index contributed by atoms with van der Waals surface area (Å²) in [6, 6.07) is 14.7. The molecule has 0 heterocycles. The second-order valence-corrected chi connectivity index (χ2v) is 7.64. The zero-order valence-electron chi connectivity index (χ0n) is 18.0. The Hall–Kier alpha value is -2.53. The lowest BCUT2D eigenvalue weighted by Crippen LogP contribution is -2.51. The van der Waals surface area contributed by atoms with Gasteiger partial charge in [0.15, 0.2) is 6.61 Å². The second kappa shape index (κ2) is 12.2. The summed E-state index contributed by atoms with van der Waals surface area (Å²) in [4.78, 5) is 27.4. The molecule has 0 spiro atoms. The van der Waals surface area contributed by atoms with Crippen LogP contribution in [0.4, 0.5) is 0 Å². The standard InChI is InChI=1S/C24H31ClN2O3/c1-4-14-26-24(29)22(5-2)27(15-13-19-9-7-6-8-10-19)23(28)17-30-20-11-12-21(25)18(3)16-20/h6-12,16,22H,4-5,13-15,17H2,1-3H3,(H,26,29)/t22-/m1/s1. The van der Waals surface area contributed by atoms with Crippen molar-refractivity contribution in [3.8, 4) is 5.75 Å². The predicted molar refractivity (Wildman–Crippen MR) is 121 cm³/mol. The summed E-state index contributed by atoms with van der Waals surface area (Å²) in [6.07, 6.45) is 2.06. The van der Waals surface area contributed by atoms with E-state index in [2.05, 4.69) is 5.32 Å². The molecule has 0 unspecified atom stereocenters. The van der Waals surface area contributed by atoms with E-state index in [9.17, 15) is 9.59 Å². The SMILES string of the molecule is CCCNC(=O)[C@@H](CC)N(CCc1ccccc1)C(=O)COc1ccc(Cl)c(C)c1. The van der Waals surface area contributed by atoms with E-state index < -0.39 is 6.04 Å². The smallest absolute Gasteiger partial charge is 0.261 e. The summed E-state index contributed by atoms with van der Waals surface area (Å²) >= 11 is 6.05. The van der Waals surface area contributed by atoms with Crippen LogP contribution >= 0.6 is 11.6 Å². The molecule has 0 aromatic heterocycles. The fourth-order valence-corrected chi connectivity index (χ4v) is 3.31. The molecule has 0 aliphatic heterocycles. The highest BCUT2D eigenvalue weighted by molar-refractivity contribution is 6.31. The first kappa shape index (κ1) is 23.7. The van der Waals surface area contributed by atoms with Crippen molar-refractivity contribution in [2.24, 2.45) is 0 Å². The molecule has 0 saturated heterocycles. The Balaban J connectivity index is 2.11. The number of carbonyl (C=O) groups is 2. The third-order valence-corrected chi connectivity index (χ3v) is 5.34. The molecule has 0 bridgehead atoms. The Kier molecular flexibility index (Phi) is 9.68. The minimum atomic E-state index is -0.525. The van der Waals surface area contributed by atoms with Gasteiger partial charge in [-0.2, -0.15) is 0 Å². The Bertz CT molecular complexity index is 826. The number of ether oxygens (including phenoxy) is 1. The number of amides is 2. The molecule has 2 aromatic carbocycles. The summed E-state index contributed by atoms with van der Waals surface area (Å²) in [5.74, 6) is 0.247. The topological polar surface area (TPSA) is 58.6 Å². The number of aryl methyl sites for hydroxylation is 1. The summed E-state index contributed by atoms with van der Waals surface area (Å²) in [5, 5.41) is 3.57. The Morgan fingerprint density at radius 2 is 1.87 bits per heavy atom. The highest BCUT2D eigenvalue weighted by Gasteiger charge is 2.28. The van der Waals surface area contributed by atoms with E-state index in [1.165, 1.54) is 0 Å². The van der Waals surface area contributed by atoms with Crippen molar-refractivity contribution in [1.29, 1.82) is 0 Å². The molecule has 0 aliphatic rings. The molecule has 30 heavy (non-hydrogen) atoms. The van der Waals surface area contributed by atoms with Gasteiger partial charge in [0.1, 0.15) is 11.8 Å². The van der Waals surface area contributed by atoms with Gasteiger partial charge in [-0.15, -0.1) is 0 Å². The lowest BCUT2D eigenvalue weighted by atomic mass is 10.1. The van der Waals surface area contributed by atoms with Crippen LogP contribution in [0.3, 0.4) is 0 Å². The lowest BCUT2D eigenvalue weighted by molar-refractivity contribution is -0.142. The van der Waals surface area contributed by atoms with Gasteiger partial charge in [0, 0.05) is 18.1 Å². The molecule has 2 aromatic rings. The summed E-state index contributed by atoms with van der Waals surface area (Å²) in [7, 11) is 0. The van der Waals surface area contributed by atoms with Crippen molar-refractivity contribution >= 4 is 23.4 Å². The zero-order valence-corrected chi connectivity index (χ0v) is 18.7. The zero-order chi connectivity index (χ0) is 21.9. The van der Waals surface area contributed by atoms with Crippen molar-refractivity contribution < 1.29 is 14.3 Å². The number of hydrogen-bond donors (Lipinski definition) is 1. The lowest BCUT2D eigenvalue weighted by Gasteiger charge is -2.30. The molecule has 0 fully saturated rings. The number of rotatable bonds is 11. The number of benzene rings is 2. The fourth-order valence-electron chi connectivity index (χ4n) is 3.20. The van der Waals surface area contributed by atoms with Crippen molar-refractivity contribution in [3.63, 3.8) is 0 Å². The van der Waals surface area contributed by atoms with Gasteiger partial charge >= 0.3 is 0 Å². The van der Waals surface area contributed by atoms with Crippen LogP contribution in [-0.4, -0.2) is 42.5 Å². The molecule has 6 heteroatoms. The number of carbonyl (C=O) groups excluding carboxylic acids is 2. The van der Waals surface area contributed by atoms with Crippen molar-refractivity contribution in [2.75, 3.05) is 19.7 Å². The van der Waals surface area contributed by atoms with Gasteiger partial charge in [-0.1, -0.05) is 55.8 Å². The third kappa shape index (κ3) is 7.06. The van der Waals surface area contributed by atoms with Crippen LogP contribution in [0.5, 0.6) is 5.75 Å². The molecule has 0 saturated carbocycles. The first-order valence-corrected chi connectivity index (χ1v) is 10.8. The van der Waals surface area contributed by atoms with Gasteiger partial charge in [-0.3, -0.25) is 9.59 Å². The van der Waals surface area contributed by atoms with Crippen LogP contribution in [0.2, 0.25) is 5.02 Å². The normalized spacial score (nSPS) is 11.6. The van der Waals surface area contributed by atoms with E-state index in [4.69, 9.17) is 16.3 Å². The molecule has 0 aliphatic carbocycles. The molecule has 162 valence electrons. The van der Waals surface area contributed by atoms with Crippen LogP contribution < -0.4 is 10.1 Å². The largest absolute Gasteiger partial charge is 0.484 e. The Morgan fingerprint density at radius 3 is 2.50 bits per heavy atom. The summed E-state index contributed by atoms with van der Waals surface area (Å²) in [5.41, 5.74) is 2.00. The fraction of sp³-hybridized carbons (Fsp3) is 0.417. The minimum Gasteiger partial charge on any atom is -0.484 e. The van der Waals surface area contributed by atoms with E-state index in [1.807, 2.05) is 51.1 Å². The predicted octanol–water partition coefficient (Wildman–Crippen LogP) is 4.40. The quantitative estimate of drug-likeness (QED) is 0.574. The molecule has 2 rings (SSSR count). The van der Waals surface area contributed by atoms with E-state index in [0.29, 0.717) is 36.7 Å². The van der Waals surface area contributed by atoms with Crippen LogP contribution in [0, 0.1) is 6.92 Å². The number of hydrogen-bond acceptors (Lipinski definition) is 3. The Morgan fingerprint density at radius 1 is 1.13 bits per heavy atom. The molecule has 5 nitrogen and oxygen atoms in total. The van der Waals surface area contributed by atoms with Crippen molar-refractivity contribution in [1.82, 2.24) is 10.2 Å². The van der Waals surface area contributed by atoms with Gasteiger partial charge in [0.05, 0.1) is 0 Å². The average Bonchev–Trinajstić information content (AvgIpc) is 2.76. The van der Waals surface area contributed by atoms with Crippen molar-refractivity contribution in [3.05, 3.63) is 64.7 Å². The van der Waals surface area contributed by atoms with Crippen LogP contribution in [0.15, 0.2) is 48.5 Å².